The van der Waals surface area contributed by atoms with Crippen molar-refractivity contribution in [1.82, 2.24) is 4.72 Å². The molecule has 0 bridgehead atoms. The molecule has 2 aromatic carbocycles. The number of fused-ring (bicyclic) bond motifs is 3. The van der Waals surface area contributed by atoms with Crippen LogP contribution in [0.1, 0.15) is 24.8 Å². The van der Waals surface area contributed by atoms with Crippen molar-refractivity contribution < 1.29 is 39.1 Å². The van der Waals surface area contributed by atoms with Crippen molar-refractivity contribution in [3.63, 3.8) is 0 Å². The smallest absolute Gasteiger partial charge is 0.350 e. The molecule has 1 N–H and O–H groups in total. The Morgan fingerprint density at radius 2 is 1.67 bits per heavy atom. The van der Waals surface area contributed by atoms with Crippen molar-refractivity contribution in [1.29, 1.82) is 0 Å². The Labute approximate surface area is 192 Å². The molecule has 0 amide bonds. The lowest BCUT2D eigenvalue weighted by atomic mass is 9.71. The Kier molecular flexibility index (Phi) is 6.17. The maximum absolute atomic E-state index is 15.1. The first-order valence-corrected chi connectivity index (χ1v) is 13.2. The fraction of sp³-hybridized carbons (Fsp3) is 0.400. The van der Waals surface area contributed by atoms with E-state index >= 15 is 4.39 Å². The molecule has 1 heterocycles. The fourth-order valence-electron chi connectivity index (χ4n) is 4.73. The van der Waals surface area contributed by atoms with Crippen LogP contribution in [0.3, 0.4) is 0 Å². The van der Waals surface area contributed by atoms with Crippen molar-refractivity contribution >= 4 is 31.5 Å². The molecule has 4 rings (SSSR count). The van der Waals surface area contributed by atoms with E-state index in [2.05, 4.69) is 0 Å². The summed E-state index contributed by atoms with van der Waals surface area (Å²) in [4.78, 5) is -0.194. The summed E-state index contributed by atoms with van der Waals surface area (Å²) in [6, 6.07) is 5.73. The zero-order valence-corrected chi connectivity index (χ0v) is 19.2. The highest BCUT2D eigenvalue weighted by Crippen LogP contribution is 2.56. The van der Waals surface area contributed by atoms with Gasteiger partial charge in [0.1, 0.15) is 10.6 Å². The molecule has 1 fully saturated rings. The highest BCUT2D eigenvalue weighted by Gasteiger charge is 2.60. The second-order valence-corrected chi connectivity index (χ2v) is 12.3. The monoisotopic (exact) mass is 527 g/mol. The van der Waals surface area contributed by atoms with Gasteiger partial charge in [-0.3, -0.25) is 0 Å². The standard InChI is InChI=1S/C20H18ClF4NO5S2/c21-12-1-3-14(4-2-12)32(27,28)20-8-7-13(26-33(29,30)19(24)25)9-11(20)10-31-18-16(23)6-5-15(22)17(18)20/h1-6,11,13,19,26H,7-10H2/t11-,13-,20+/m1/s1. The predicted molar refractivity (Wildman–Crippen MR) is 111 cm³/mol. The van der Waals surface area contributed by atoms with Crippen LogP contribution in [0.4, 0.5) is 17.6 Å². The fourth-order valence-corrected chi connectivity index (χ4v) is 8.00. The zero-order valence-electron chi connectivity index (χ0n) is 16.8. The van der Waals surface area contributed by atoms with E-state index in [1.165, 1.54) is 24.3 Å². The average molecular weight is 528 g/mol. The first-order valence-electron chi connectivity index (χ1n) is 9.81. The number of nitrogens with one attached hydrogen (secondary N) is 1. The summed E-state index contributed by atoms with van der Waals surface area (Å²) < 4.78 is 112. The van der Waals surface area contributed by atoms with Crippen LogP contribution in [0.2, 0.25) is 5.02 Å². The maximum Gasteiger partial charge on any atom is 0.350 e. The number of halogens is 5. The Balaban J connectivity index is 1.87. The average Bonchev–Trinajstić information content (AvgIpc) is 2.75. The second kappa shape index (κ2) is 8.40. The van der Waals surface area contributed by atoms with Gasteiger partial charge in [0.25, 0.3) is 10.0 Å². The van der Waals surface area contributed by atoms with Gasteiger partial charge in [-0.1, -0.05) is 11.6 Å². The van der Waals surface area contributed by atoms with Gasteiger partial charge in [-0.25, -0.2) is 30.3 Å². The first kappa shape index (κ1) is 24.2. The Bertz CT molecular complexity index is 1290. The van der Waals surface area contributed by atoms with E-state index in [4.69, 9.17) is 16.3 Å². The Hall–Kier alpha value is -1.89. The second-order valence-electron chi connectivity index (χ2n) is 7.98. The van der Waals surface area contributed by atoms with Crippen LogP contribution in [0.15, 0.2) is 41.3 Å². The molecule has 2 aromatic rings. The van der Waals surface area contributed by atoms with Gasteiger partial charge in [-0.05, 0) is 55.7 Å². The largest absolute Gasteiger partial charge is 0.490 e. The highest BCUT2D eigenvalue weighted by atomic mass is 35.5. The molecule has 0 saturated heterocycles. The number of sulfone groups is 1. The van der Waals surface area contributed by atoms with Crippen molar-refractivity contribution in [3.05, 3.63) is 58.6 Å². The molecule has 0 spiro atoms. The number of benzene rings is 2. The topological polar surface area (TPSA) is 89.5 Å². The number of ether oxygens (including phenoxy) is 1. The quantitative estimate of drug-likeness (QED) is 0.594. The molecule has 33 heavy (non-hydrogen) atoms. The third kappa shape index (κ3) is 3.90. The molecule has 0 radical (unpaired) electrons. The Morgan fingerprint density at radius 3 is 2.30 bits per heavy atom. The van der Waals surface area contributed by atoms with Crippen molar-refractivity contribution in [3.8, 4) is 5.75 Å². The van der Waals surface area contributed by atoms with E-state index in [-0.39, 0.29) is 35.8 Å². The summed E-state index contributed by atoms with van der Waals surface area (Å²) in [5.74, 6) is -7.20. The summed E-state index contributed by atoms with van der Waals surface area (Å²) in [6.45, 7) is -0.382. The molecular formula is C20H18ClF4NO5S2. The number of rotatable bonds is 5. The highest BCUT2D eigenvalue weighted by molar-refractivity contribution is 7.92. The Morgan fingerprint density at radius 1 is 1.03 bits per heavy atom. The molecule has 13 heteroatoms. The molecule has 3 atom stereocenters. The van der Waals surface area contributed by atoms with E-state index < -0.39 is 65.3 Å². The molecule has 1 aliphatic carbocycles. The molecule has 0 unspecified atom stereocenters. The lowest BCUT2D eigenvalue weighted by Crippen LogP contribution is -2.55. The van der Waals surface area contributed by atoms with Crippen molar-refractivity contribution in [2.45, 2.75) is 40.7 Å². The molecule has 180 valence electrons. The summed E-state index contributed by atoms with van der Waals surface area (Å²) >= 11 is 5.87. The van der Waals surface area contributed by atoms with Gasteiger partial charge in [-0.2, -0.15) is 8.78 Å². The summed E-state index contributed by atoms with van der Waals surface area (Å²) in [6.07, 6.45) is -0.797. The van der Waals surface area contributed by atoms with Gasteiger partial charge in [0.15, 0.2) is 21.4 Å². The van der Waals surface area contributed by atoms with Gasteiger partial charge in [0.05, 0.1) is 17.1 Å². The molecule has 1 aliphatic heterocycles. The van der Waals surface area contributed by atoms with E-state index in [0.717, 1.165) is 12.1 Å². The van der Waals surface area contributed by atoms with Crippen LogP contribution in [0.5, 0.6) is 5.75 Å². The van der Waals surface area contributed by atoms with Gasteiger partial charge in [0.2, 0.25) is 0 Å². The third-order valence-corrected chi connectivity index (χ3v) is 10.1. The molecule has 0 aromatic heterocycles. The van der Waals surface area contributed by atoms with E-state index in [1.54, 1.807) is 0 Å². The summed E-state index contributed by atoms with van der Waals surface area (Å²) in [5.41, 5.74) is -0.483. The van der Waals surface area contributed by atoms with Gasteiger partial charge < -0.3 is 4.74 Å². The van der Waals surface area contributed by atoms with Crippen molar-refractivity contribution in [2.75, 3.05) is 6.61 Å². The van der Waals surface area contributed by atoms with Crippen LogP contribution in [0, 0.1) is 17.6 Å². The van der Waals surface area contributed by atoms with Crippen LogP contribution < -0.4 is 9.46 Å². The summed E-state index contributed by atoms with van der Waals surface area (Å²) in [7, 11) is -9.35. The molecule has 1 saturated carbocycles. The third-order valence-electron chi connectivity index (χ3n) is 6.17. The first-order chi connectivity index (χ1) is 15.4. The predicted octanol–water partition coefficient (Wildman–Crippen LogP) is 3.99. The number of hydrogen-bond acceptors (Lipinski definition) is 5. The SMILES string of the molecule is O=S(=O)(N[C@@H]1CC[C@@]2(S(=O)(=O)c3ccc(Cl)cc3)c3c(F)ccc(F)c3OC[C@H]2C1)C(F)F. The van der Waals surface area contributed by atoms with E-state index in [1.807, 2.05) is 4.72 Å². The van der Waals surface area contributed by atoms with E-state index in [0.29, 0.717) is 0 Å². The normalized spacial score (nSPS) is 25.3. The van der Waals surface area contributed by atoms with Crippen LogP contribution in [-0.2, 0) is 24.6 Å². The zero-order chi connectivity index (χ0) is 24.2. The molecule has 6 nitrogen and oxygen atoms in total. The number of sulfonamides is 1. The van der Waals surface area contributed by atoms with Crippen LogP contribution >= 0.6 is 11.6 Å². The van der Waals surface area contributed by atoms with Crippen molar-refractivity contribution in [2.24, 2.45) is 5.92 Å². The minimum absolute atomic E-state index is 0.194. The van der Waals surface area contributed by atoms with Crippen LogP contribution in [0.25, 0.3) is 0 Å². The van der Waals surface area contributed by atoms with Crippen LogP contribution in [-0.4, -0.2) is 35.2 Å². The minimum Gasteiger partial charge on any atom is -0.490 e. The van der Waals surface area contributed by atoms with Gasteiger partial charge in [0, 0.05) is 17.0 Å². The summed E-state index contributed by atoms with van der Waals surface area (Å²) in [5, 5.41) is 0.262. The van der Waals surface area contributed by atoms with Gasteiger partial charge >= 0.3 is 5.76 Å². The van der Waals surface area contributed by atoms with Gasteiger partial charge in [-0.15, -0.1) is 0 Å². The lowest BCUT2D eigenvalue weighted by Gasteiger charge is -2.49. The molecular weight excluding hydrogens is 510 g/mol. The lowest BCUT2D eigenvalue weighted by molar-refractivity contribution is 0.112. The number of alkyl halides is 2. The molecule has 2 aliphatic rings. The van der Waals surface area contributed by atoms with E-state index in [9.17, 15) is 30.0 Å². The minimum atomic E-state index is -4.95. The maximum atomic E-state index is 15.1. The number of hydrogen-bond donors (Lipinski definition) is 1.